The Labute approximate surface area is 138 Å². The van der Waals surface area contributed by atoms with Crippen molar-refractivity contribution in [3.63, 3.8) is 0 Å². The summed E-state index contributed by atoms with van der Waals surface area (Å²) < 4.78 is 0. The van der Waals surface area contributed by atoms with Crippen LogP contribution in [0.3, 0.4) is 0 Å². The van der Waals surface area contributed by atoms with Crippen molar-refractivity contribution in [1.82, 2.24) is 5.32 Å². The highest BCUT2D eigenvalue weighted by molar-refractivity contribution is 5.73. The molecule has 1 atom stereocenters. The van der Waals surface area contributed by atoms with Crippen molar-refractivity contribution in [2.45, 2.75) is 58.9 Å². The molecule has 0 aromatic heterocycles. The van der Waals surface area contributed by atoms with E-state index in [-0.39, 0.29) is 18.4 Å². The molecule has 0 radical (unpaired) electrons. The van der Waals surface area contributed by atoms with E-state index in [0.29, 0.717) is 0 Å². The number of hydrogen-bond acceptors (Lipinski definition) is 2. The van der Waals surface area contributed by atoms with Gasteiger partial charge in [0.25, 0.3) is 0 Å². The lowest BCUT2D eigenvalue weighted by atomic mass is 10.0. The first-order valence-electron chi connectivity index (χ1n) is 8.13. The van der Waals surface area contributed by atoms with Crippen molar-refractivity contribution in [2.75, 3.05) is 0 Å². The van der Waals surface area contributed by atoms with Gasteiger partial charge in [0.2, 0.25) is 5.91 Å². The molecule has 0 saturated carbocycles. The lowest BCUT2D eigenvalue weighted by Crippen LogP contribution is -2.31. The van der Waals surface area contributed by atoms with Crippen LogP contribution in [0.15, 0.2) is 30.3 Å². The van der Waals surface area contributed by atoms with E-state index < -0.39 is 5.97 Å². The normalized spacial score (nSPS) is 12.7. The molecule has 1 aromatic carbocycles. The summed E-state index contributed by atoms with van der Waals surface area (Å²) in [5, 5.41) is 11.5. The third-order valence-electron chi connectivity index (χ3n) is 3.70. The molecule has 0 fully saturated rings. The van der Waals surface area contributed by atoms with Gasteiger partial charge in [-0.2, -0.15) is 0 Å². The van der Waals surface area contributed by atoms with Crippen LogP contribution in [0.1, 0.15) is 57.6 Å². The summed E-state index contributed by atoms with van der Waals surface area (Å²) in [5.74, 6) is -0.731. The Balaban J connectivity index is 2.48. The third-order valence-corrected chi connectivity index (χ3v) is 3.70. The first-order valence-corrected chi connectivity index (χ1v) is 8.13. The minimum Gasteiger partial charge on any atom is -0.481 e. The number of rotatable bonds is 9. The van der Waals surface area contributed by atoms with E-state index in [1.54, 1.807) is 0 Å². The van der Waals surface area contributed by atoms with Gasteiger partial charge in [-0.25, -0.2) is 0 Å². The van der Waals surface area contributed by atoms with Gasteiger partial charge in [-0.05, 0) is 56.2 Å². The lowest BCUT2D eigenvalue weighted by molar-refractivity contribution is -0.137. The monoisotopic (exact) mass is 317 g/mol. The zero-order valence-corrected chi connectivity index (χ0v) is 14.3. The number of amides is 1. The maximum Gasteiger partial charge on any atom is 0.303 e. The molecule has 0 saturated heterocycles. The maximum absolute atomic E-state index is 11.0. The van der Waals surface area contributed by atoms with Crippen LogP contribution in [0.25, 0.3) is 5.57 Å². The van der Waals surface area contributed by atoms with Gasteiger partial charge in [-0.3, -0.25) is 9.59 Å². The van der Waals surface area contributed by atoms with Crippen LogP contribution in [0.5, 0.6) is 0 Å². The van der Waals surface area contributed by atoms with Gasteiger partial charge in [-0.1, -0.05) is 30.3 Å². The Kier molecular flexibility index (Phi) is 8.09. The van der Waals surface area contributed by atoms with E-state index >= 15 is 0 Å². The van der Waals surface area contributed by atoms with Crippen LogP contribution in [0.4, 0.5) is 0 Å². The molecule has 0 bridgehead atoms. The number of carbonyl (C=O) groups excluding carboxylic acids is 1. The van der Waals surface area contributed by atoms with Crippen molar-refractivity contribution in [3.05, 3.63) is 41.5 Å². The minimum atomic E-state index is -0.727. The van der Waals surface area contributed by atoms with Crippen molar-refractivity contribution < 1.29 is 14.7 Å². The van der Waals surface area contributed by atoms with E-state index in [9.17, 15) is 9.59 Å². The van der Waals surface area contributed by atoms with Gasteiger partial charge in [0.1, 0.15) is 0 Å². The summed E-state index contributed by atoms with van der Waals surface area (Å²) in [7, 11) is 0. The molecule has 0 aliphatic carbocycles. The first kappa shape index (κ1) is 18.9. The number of allylic oxidation sites excluding steroid dienone is 2. The molecule has 2 N–H and O–H groups in total. The SMILES string of the molecule is CC(=O)N[C@H](C)Cc1ccc(/C(C)=C\CCCCC(=O)O)cc1. The van der Waals surface area contributed by atoms with E-state index in [2.05, 4.69) is 42.6 Å². The second-order valence-electron chi connectivity index (χ2n) is 6.03. The van der Waals surface area contributed by atoms with Gasteiger partial charge in [0.15, 0.2) is 0 Å². The topological polar surface area (TPSA) is 66.4 Å². The van der Waals surface area contributed by atoms with Gasteiger partial charge in [0.05, 0.1) is 0 Å². The molecule has 1 amide bonds. The Bertz CT molecular complexity index is 546. The van der Waals surface area contributed by atoms with Gasteiger partial charge >= 0.3 is 5.97 Å². The Morgan fingerprint density at radius 2 is 1.83 bits per heavy atom. The predicted molar refractivity (Wildman–Crippen MR) is 93.2 cm³/mol. The number of unbranched alkanes of at least 4 members (excludes halogenated alkanes) is 2. The number of carboxylic acids is 1. The third kappa shape index (κ3) is 8.19. The van der Waals surface area contributed by atoms with Gasteiger partial charge in [-0.15, -0.1) is 0 Å². The number of aliphatic carboxylic acids is 1. The van der Waals surface area contributed by atoms with Crippen LogP contribution in [-0.2, 0) is 16.0 Å². The fraction of sp³-hybridized carbons (Fsp3) is 0.474. The molecule has 0 heterocycles. The number of carbonyl (C=O) groups is 2. The molecule has 1 aromatic rings. The van der Waals surface area contributed by atoms with Crippen LogP contribution in [0, 0.1) is 0 Å². The molecule has 126 valence electrons. The minimum absolute atomic E-state index is 0.00389. The first-order chi connectivity index (χ1) is 10.9. The molecule has 1 rings (SSSR count). The summed E-state index contributed by atoms with van der Waals surface area (Å²) in [6.45, 7) is 5.61. The second-order valence-corrected chi connectivity index (χ2v) is 6.03. The number of benzene rings is 1. The predicted octanol–water partition coefficient (Wildman–Crippen LogP) is 3.80. The highest BCUT2D eigenvalue weighted by atomic mass is 16.4. The highest BCUT2D eigenvalue weighted by Gasteiger charge is 2.05. The molecule has 0 unspecified atom stereocenters. The quantitative estimate of drug-likeness (QED) is 0.681. The summed E-state index contributed by atoms with van der Waals surface area (Å²) in [5.41, 5.74) is 3.59. The van der Waals surface area contributed by atoms with Gasteiger partial charge in [0, 0.05) is 19.4 Å². The van der Waals surface area contributed by atoms with E-state index in [1.165, 1.54) is 23.6 Å². The molecular weight excluding hydrogens is 290 g/mol. The second kappa shape index (κ2) is 9.82. The summed E-state index contributed by atoms with van der Waals surface area (Å²) >= 11 is 0. The molecular formula is C19H27NO3. The average Bonchev–Trinajstić information content (AvgIpc) is 2.46. The fourth-order valence-corrected chi connectivity index (χ4v) is 2.51. The molecule has 23 heavy (non-hydrogen) atoms. The van der Waals surface area contributed by atoms with E-state index in [4.69, 9.17) is 5.11 Å². The zero-order chi connectivity index (χ0) is 17.2. The smallest absolute Gasteiger partial charge is 0.303 e. The van der Waals surface area contributed by atoms with Crippen molar-refractivity contribution in [2.24, 2.45) is 0 Å². The van der Waals surface area contributed by atoms with Crippen LogP contribution < -0.4 is 5.32 Å². The van der Waals surface area contributed by atoms with E-state index in [1.807, 2.05) is 6.92 Å². The summed E-state index contributed by atoms with van der Waals surface area (Å²) in [4.78, 5) is 21.5. The highest BCUT2D eigenvalue weighted by Crippen LogP contribution is 2.17. The van der Waals surface area contributed by atoms with Crippen molar-refractivity contribution in [1.29, 1.82) is 0 Å². The summed E-state index contributed by atoms with van der Waals surface area (Å²) in [6, 6.07) is 8.51. The largest absolute Gasteiger partial charge is 0.481 e. The van der Waals surface area contributed by atoms with Crippen LogP contribution in [-0.4, -0.2) is 23.0 Å². The standard InChI is InChI=1S/C19H27NO3/c1-14(7-5-4-6-8-19(22)23)18-11-9-17(10-12-18)13-15(2)20-16(3)21/h7,9-12,15H,4-6,8,13H2,1-3H3,(H,20,21)(H,22,23)/b14-7-/t15-/m1/s1. The maximum atomic E-state index is 11.0. The fourth-order valence-electron chi connectivity index (χ4n) is 2.51. The van der Waals surface area contributed by atoms with Crippen molar-refractivity contribution in [3.8, 4) is 0 Å². The van der Waals surface area contributed by atoms with Crippen LogP contribution >= 0.6 is 0 Å². The Hall–Kier alpha value is -2.10. The number of nitrogens with one attached hydrogen (secondary N) is 1. The average molecular weight is 317 g/mol. The number of carboxylic acid groups (broad SMARTS) is 1. The lowest BCUT2D eigenvalue weighted by Gasteiger charge is -2.12. The van der Waals surface area contributed by atoms with E-state index in [0.717, 1.165) is 25.7 Å². The van der Waals surface area contributed by atoms with Crippen LogP contribution in [0.2, 0.25) is 0 Å². The molecule has 4 heteroatoms. The van der Waals surface area contributed by atoms with Crippen molar-refractivity contribution >= 4 is 17.4 Å². The Morgan fingerprint density at radius 3 is 2.39 bits per heavy atom. The molecule has 4 nitrogen and oxygen atoms in total. The zero-order valence-electron chi connectivity index (χ0n) is 14.3. The van der Waals surface area contributed by atoms with Gasteiger partial charge < -0.3 is 10.4 Å². The summed E-state index contributed by atoms with van der Waals surface area (Å²) in [6.07, 6.45) is 5.75. The number of hydrogen-bond donors (Lipinski definition) is 2. The molecule has 0 aliphatic rings. The molecule has 0 aliphatic heterocycles. The molecule has 0 spiro atoms. The Morgan fingerprint density at radius 1 is 1.17 bits per heavy atom.